The Morgan fingerprint density at radius 3 is 2.84 bits per heavy atom. The monoisotopic (exact) mass is 357 g/mol. The Labute approximate surface area is 150 Å². The number of hydrogen-bond donors (Lipinski definition) is 1. The minimum Gasteiger partial charge on any atom is -0.348 e. The Bertz CT molecular complexity index is 913. The number of halogens is 1. The molecule has 0 unspecified atom stereocenters. The highest BCUT2D eigenvalue weighted by Crippen LogP contribution is 2.30. The molecule has 6 heteroatoms. The quantitative estimate of drug-likeness (QED) is 0.696. The highest BCUT2D eigenvalue weighted by Gasteiger charge is 2.15. The van der Waals surface area contributed by atoms with Gasteiger partial charge in [0.05, 0.1) is 5.69 Å². The standard InChI is InChI=1S/C19H20FN3OS/c1-4-8-23-12(2)9-16(13(23)3)17-11-25-19(21-17)22-18(24)14-6-5-7-15(20)10-14/h5-7,9-11H,4,8H2,1-3H3,(H,21,22,24). The van der Waals surface area contributed by atoms with Crippen LogP contribution in [0.5, 0.6) is 0 Å². The lowest BCUT2D eigenvalue weighted by Crippen LogP contribution is -2.11. The third-order valence-corrected chi connectivity index (χ3v) is 4.87. The minimum atomic E-state index is -0.434. The first kappa shape index (κ1) is 17.4. The van der Waals surface area contributed by atoms with Crippen molar-refractivity contribution in [3.8, 4) is 11.3 Å². The average molecular weight is 357 g/mol. The van der Waals surface area contributed by atoms with Gasteiger partial charge in [-0.25, -0.2) is 9.37 Å². The fourth-order valence-electron chi connectivity index (χ4n) is 2.88. The third-order valence-electron chi connectivity index (χ3n) is 4.11. The van der Waals surface area contributed by atoms with Crippen LogP contribution in [0.3, 0.4) is 0 Å². The Kier molecular flexibility index (Phi) is 4.99. The van der Waals surface area contributed by atoms with Crippen LogP contribution in [0.2, 0.25) is 0 Å². The van der Waals surface area contributed by atoms with Crippen LogP contribution in [0.15, 0.2) is 35.7 Å². The fraction of sp³-hybridized carbons (Fsp3) is 0.263. The molecular formula is C19H20FN3OS. The summed E-state index contributed by atoms with van der Waals surface area (Å²) < 4.78 is 15.5. The molecule has 1 amide bonds. The summed E-state index contributed by atoms with van der Waals surface area (Å²) in [6.07, 6.45) is 1.07. The molecular weight excluding hydrogens is 337 g/mol. The van der Waals surface area contributed by atoms with Crippen molar-refractivity contribution in [2.75, 3.05) is 5.32 Å². The SMILES string of the molecule is CCCn1c(C)cc(-c2csc(NC(=O)c3cccc(F)c3)n2)c1C. The van der Waals surface area contributed by atoms with E-state index in [0.29, 0.717) is 5.13 Å². The van der Waals surface area contributed by atoms with E-state index in [9.17, 15) is 9.18 Å². The molecule has 2 aromatic heterocycles. The topological polar surface area (TPSA) is 46.9 Å². The molecule has 0 aliphatic heterocycles. The number of benzene rings is 1. The smallest absolute Gasteiger partial charge is 0.257 e. The van der Waals surface area contributed by atoms with E-state index in [-0.39, 0.29) is 11.5 Å². The molecule has 0 fully saturated rings. The lowest BCUT2D eigenvalue weighted by Gasteiger charge is -2.07. The second-order valence-corrected chi connectivity index (χ2v) is 6.80. The molecule has 3 rings (SSSR count). The van der Waals surface area contributed by atoms with Gasteiger partial charge < -0.3 is 4.57 Å². The van der Waals surface area contributed by atoms with Crippen LogP contribution < -0.4 is 5.32 Å². The summed E-state index contributed by atoms with van der Waals surface area (Å²) in [6.45, 7) is 7.31. The van der Waals surface area contributed by atoms with Gasteiger partial charge in [-0.3, -0.25) is 10.1 Å². The number of amides is 1. The number of thiazole rings is 1. The molecule has 2 heterocycles. The van der Waals surface area contributed by atoms with Gasteiger partial charge in [0.25, 0.3) is 5.91 Å². The average Bonchev–Trinajstić information content (AvgIpc) is 3.14. The van der Waals surface area contributed by atoms with E-state index < -0.39 is 5.82 Å². The molecule has 3 aromatic rings. The molecule has 25 heavy (non-hydrogen) atoms. The summed E-state index contributed by atoms with van der Waals surface area (Å²) in [5.74, 6) is -0.798. The number of hydrogen-bond acceptors (Lipinski definition) is 3. The maximum Gasteiger partial charge on any atom is 0.257 e. The second kappa shape index (κ2) is 7.19. The predicted molar refractivity (Wildman–Crippen MR) is 99.7 cm³/mol. The number of carbonyl (C=O) groups is 1. The van der Waals surface area contributed by atoms with Crippen molar-refractivity contribution in [1.82, 2.24) is 9.55 Å². The van der Waals surface area contributed by atoms with Gasteiger partial charge in [-0.05, 0) is 44.5 Å². The molecule has 4 nitrogen and oxygen atoms in total. The summed E-state index contributed by atoms with van der Waals surface area (Å²) in [6, 6.07) is 7.73. The van der Waals surface area contributed by atoms with Gasteiger partial charge in [-0.1, -0.05) is 13.0 Å². The van der Waals surface area contributed by atoms with Crippen LogP contribution in [0.1, 0.15) is 35.1 Å². The van der Waals surface area contributed by atoms with E-state index in [1.165, 1.54) is 40.9 Å². The first-order valence-electron chi connectivity index (χ1n) is 8.19. The highest BCUT2D eigenvalue weighted by atomic mass is 32.1. The van der Waals surface area contributed by atoms with Crippen molar-refractivity contribution < 1.29 is 9.18 Å². The van der Waals surface area contributed by atoms with Gasteiger partial charge in [-0.15, -0.1) is 11.3 Å². The minimum absolute atomic E-state index is 0.276. The largest absolute Gasteiger partial charge is 0.348 e. The van der Waals surface area contributed by atoms with Gasteiger partial charge in [0.15, 0.2) is 5.13 Å². The Balaban J connectivity index is 1.81. The first-order valence-corrected chi connectivity index (χ1v) is 9.07. The second-order valence-electron chi connectivity index (χ2n) is 5.94. The van der Waals surface area contributed by atoms with Crippen LogP contribution in [0.25, 0.3) is 11.3 Å². The molecule has 0 saturated heterocycles. The van der Waals surface area contributed by atoms with E-state index in [4.69, 9.17) is 0 Å². The maximum absolute atomic E-state index is 13.2. The molecule has 0 atom stereocenters. The number of aromatic nitrogens is 2. The first-order chi connectivity index (χ1) is 12.0. The molecule has 0 radical (unpaired) electrons. The van der Waals surface area contributed by atoms with E-state index >= 15 is 0 Å². The zero-order valence-electron chi connectivity index (χ0n) is 14.5. The maximum atomic E-state index is 13.2. The normalized spacial score (nSPS) is 10.9. The van der Waals surface area contributed by atoms with Gasteiger partial charge in [-0.2, -0.15) is 0 Å². The Morgan fingerprint density at radius 2 is 2.12 bits per heavy atom. The van der Waals surface area contributed by atoms with E-state index in [1.807, 2.05) is 5.38 Å². The van der Waals surface area contributed by atoms with Crippen LogP contribution in [-0.2, 0) is 6.54 Å². The molecule has 0 spiro atoms. The van der Waals surface area contributed by atoms with E-state index in [0.717, 1.165) is 24.2 Å². The van der Waals surface area contributed by atoms with Crippen molar-refractivity contribution >= 4 is 22.4 Å². The highest BCUT2D eigenvalue weighted by molar-refractivity contribution is 7.14. The van der Waals surface area contributed by atoms with Crippen LogP contribution in [0, 0.1) is 19.7 Å². The lowest BCUT2D eigenvalue weighted by molar-refractivity contribution is 0.102. The molecule has 1 aromatic carbocycles. The van der Waals surface area contributed by atoms with Gasteiger partial charge in [0.2, 0.25) is 0 Å². The lowest BCUT2D eigenvalue weighted by atomic mass is 10.2. The van der Waals surface area contributed by atoms with E-state index in [1.54, 1.807) is 6.07 Å². The van der Waals surface area contributed by atoms with Crippen molar-refractivity contribution in [2.24, 2.45) is 0 Å². The summed E-state index contributed by atoms with van der Waals surface area (Å²) in [7, 11) is 0. The number of aryl methyl sites for hydroxylation is 1. The van der Waals surface area contributed by atoms with Crippen molar-refractivity contribution in [3.63, 3.8) is 0 Å². The van der Waals surface area contributed by atoms with Gasteiger partial charge in [0.1, 0.15) is 5.82 Å². The number of rotatable bonds is 5. The molecule has 0 aliphatic carbocycles. The molecule has 1 N–H and O–H groups in total. The summed E-state index contributed by atoms with van der Waals surface area (Å²) >= 11 is 1.36. The van der Waals surface area contributed by atoms with Crippen molar-refractivity contribution in [2.45, 2.75) is 33.7 Å². The predicted octanol–water partition coefficient (Wildman–Crippen LogP) is 5.03. The number of anilines is 1. The van der Waals surface area contributed by atoms with Crippen LogP contribution in [0.4, 0.5) is 9.52 Å². The third kappa shape index (κ3) is 3.64. The Hall–Kier alpha value is -2.47. The van der Waals surface area contributed by atoms with Crippen molar-refractivity contribution in [3.05, 3.63) is 58.5 Å². The van der Waals surface area contributed by atoms with Crippen LogP contribution in [-0.4, -0.2) is 15.5 Å². The summed E-state index contributed by atoms with van der Waals surface area (Å²) in [5.41, 5.74) is 4.57. The summed E-state index contributed by atoms with van der Waals surface area (Å²) in [5, 5.41) is 5.17. The fourth-order valence-corrected chi connectivity index (χ4v) is 3.59. The molecule has 0 bridgehead atoms. The zero-order valence-corrected chi connectivity index (χ0v) is 15.3. The van der Waals surface area contributed by atoms with Crippen molar-refractivity contribution in [1.29, 1.82) is 0 Å². The summed E-state index contributed by atoms with van der Waals surface area (Å²) in [4.78, 5) is 16.7. The number of nitrogens with one attached hydrogen (secondary N) is 1. The Morgan fingerprint density at radius 1 is 1.32 bits per heavy atom. The number of carbonyl (C=O) groups excluding carboxylic acids is 1. The number of nitrogens with zero attached hydrogens (tertiary/aromatic N) is 2. The molecule has 130 valence electrons. The molecule has 0 saturated carbocycles. The van der Waals surface area contributed by atoms with Crippen LogP contribution >= 0.6 is 11.3 Å². The zero-order chi connectivity index (χ0) is 18.0. The van der Waals surface area contributed by atoms with E-state index in [2.05, 4.69) is 41.7 Å². The van der Waals surface area contributed by atoms with Gasteiger partial charge >= 0.3 is 0 Å². The molecule has 0 aliphatic rings. The van der Waals surface area contributed by atoms with Gasteiger partial charge in [0, 0.05) is 34.4 Å².